The van der Waals surface area contributed by atoms with E-state index >= 15 is 0 Å². The first-order valence-electron chi connectivity index (χ1n) is 11.6. The number of hydrogen-bond donors (Lipinski definition) is 2. The molecule has 0 radical (unpaired) electrons. The third-order valence-electron chi connectivity index (χ3n) is 6.43. The molecule has 1 aliphatic rings. The number of carbonyl (C=O) groups is 1. The first-order valence-corrected chi connectivity index (χ1v) is 12.0. The van der Waals surface area contributed by atoms with Crippen molar-refractivity contribution in [2.24, 2.45) is 11.8 Å². The van der Waals surface area contributed by atoms with Gasteiger partial charge in [0.2, 0.25) is 0 Å². The van der Waals surface area contributed by atoms with Gasteiger partial charge in [-0.25, -0.2) is 0 Å². The van der Waals surface area contributed by atoms with Gasteiger partial charge in [-0.15, -0.1) is 0 Å². The number of carbonyl (C=O) groups excluding carboxylic acids is 1. The van der Waals surface area contributed by atoms with Gasteiger partial charge in [-0.1, -0.05) is 31.4 Å². The van der Waals surface area contributed by atoms with Gasteiger partial charge >= 0.3 is 6.18 Å². The summed E-state index contributed by atoms with van der Waals surface area (Å²) >= 11 is 6.63. The van der Waals surface area contributed by atoms with Crippen LogP contribution in [-0.2, 0) is 6.54 Å². The third kappa shape index (κ3) is 5.98. The average Bonchev–Trinajstić information content (AvgIpc) is 3.13. The van der Waals surface area contributed by atoms with Crippen LogP contribution in [0.15, 0.2) is 18.2 Å². The summed E-state index contributed by atoms with van der Waals surface area (Å²) in [6.07, 6.45) is 0.140. The van der Waals surface area contributed by atoms with E-state index in [0.717, 1.165) is 25.7 Å². The van der Waals surface area contributed by atoms with Crippen LogP contribution >= 0.6 is 11.6 Å². The van der Waals surface area contributed by atoms with Crippen molar-refractivity contribution < 1.29 is 22.7 Å². The molecule has 0 bridgehead atoms. The van der Waals surface area contributed by atoms with E-state index in [1.54, 1.807) is 10.7 Å². The van der Waals surface area contributed by atoms with Crippen LogP contribution in [-0.4, -0.2) is 41.6 Å². The second-order valence-corrected chi connectivity index (χ2v) is 9.36. The SMILES string of the molecule is CCn1nc(C(=O)NCC2CCC(C)CC2)c(Cl)c1-c1ccc(N[C@H](C)C(F)(F)F)cc1OC. The van der Waals surface area contributed by atoms with Crippen molar-refractivity contribution in [1.29, 1.82) is 0 Å². The van der Waals surface area contributed by atoms with Crippen molar-refractivity contribution in [2.75, 3.05) is 19.0 Å². The summed E-state index contributed by atoms with van der Waals surface area (Å²) in [6, 6.07) is 2.89. The number of ether oxygens (including phenoxy) is 1. The van der Waals surface area contributed by atoms with Gasteiger partial charge in [-0.3, -0.25) is 9.48 Å². The van der Waals surface area contributed by atoms with E-state index in [0.29, 0.717) is 36.0 Å². The first kappa shape index (κ1) is 26.2. The summed E-state index contributed by atoms with van der Waals surface area (Å²) in [7, 11) is 1.43. The maximum Gasteiger partial charge on any atom is 0.408 e. The van der Waals surface area contributed by atoms with Gasteiger partial charge in [-0.2, -0.15) is 18.3 Å². The first-order chi connectivity index (χ1) is 16.0. The molecule has 1 atom stereocenters. The summed E-state index contributed by atoms with van der Waals surface area (Å²) in [6.45, 7) is 6.18. The topological polar surface area (TPSA) is 68.2 Å². The number of benzene rings is 1. The molecule has 1 fully saturated rings. The molecule has 3 rings (SSSR count). The quantitative estimate of drug-likeness (QED) is 0.456. The van der Waals surface area contributed by atoms with Crippen molar-refractivity contribution in [3.8, 4) is 17.0 Å². The van der Waals surface area contributed by atoms with Gasteiger partial charge in [0, 0.05) is 30.4 Å². The van der Waals surface area contributed by atoms with Crippen molar-refractivity contribution >= 4 is 23.2 Å². The van der Waals surface area contributed by atoms with Crippen LogP contribution in [0.2, 0.25) is 5.02 Å². The number of amides is 1. The number of aryl methyl sites for hydroxylation is 1. The Morgan fingerprint density at radius 1 is 1.29 bits per heavy atom. The Morgan fingerprint density at radius 3 is 2.56 bits per heavy atom. The average molecular weight is 501 g/mol. The number of nitrogens with zero attached hydrogens (tertiary/aromatic N) is 2. The Morgan fingerprint density at radius 2 is 1.97 bits per heavy atom. The van der Waals surface area contributed by atoms with Crippen LogP contribution in [0.25, 0.3) is 11.3 Å². The number of aromatic nitrogens is 2. The molecule has 34 heavy (non-hydrogen) atoms. The van der Waals surface area contributed by atoms with Crippen LogP contribution in [0.4, 0.5) is 18.9 Å². The number of nitrogens with one attached hydrogen (secondary N) is 2. The lowest BCUT2D eigenvalue weighted by atomic mass is 9.83. The highest BCUT2D eigenvalue weighted by Gasteiger charge is 2.36. The zero-order chi connectivity index (χ0) is 25.0. The minimum Gasteiger partial charge on any atom is -0.496 e. The molecule has 10 heteroatoms. The van der Waals surface area contributed by atoms with E-state index in [1.165, 1.54) is 32.1 Å². The Hall–Kier alpha value is -2.42. The maximum atomic E-state index is 12.9. The Kier molecular flexibility index (Phi) is 8.38. The number of alkyl halides is 3. The van der Waals surface area contributed by atoms with Gasteiger partial charge in [0.25, 0.3) is 5.91 Å². The van der Waals surface area contributed by atoms with E-state index in [2.05, 4.69) is 22.7 Å². The lowest BCUT2D eigenvalue weighted by molar-refractivity contribution is -0.138. The molecule has 0 spiro atoms. The number of anilines is 1. The van der Waals surface area contributed by atoms with E-state index in [9.17, 15) is 18.0 Å². The van der Waals surface area contributed by atoms with Crippen LogP contribution in [0.3, 0.4) is 0 Å². The van der Waals surface area contributed by atoms with Gasteiger partial charge < -0.3 is 15.4 Å². The third-order valence-corrected chi connectivity index (χ3v) is 6.78. The fourth-order valence-electron chi connectivity index (χ4n) is 4.23. The van der Waals surface area contributed by atoms with E-state index in [1.807, 2.05) is 6.92 Å². The number of methoxy groups -OCH3 is 1. The normalized spacial score (nSPS) is 19.5. The Bertz CT molecular complexity index is 1000. The lowest BCUT2D eigenvalue weighted by Crippen LogP contribution is -2.33. The van der Waals surface area contributed by atoms with Crippen LogP contribution in [0.5, 0.6) is 5.75 Å². The van der Waals surface area contributed by atoms with Gasteiger partial charge in [-0.05, 0) is 50.7 Å². The number of rotatable bonds is 8. The van der Waals surface area contributed by atoms with Crippen molar-refractivity contribution in [3.05, 3.63) is 28.9 Å². The summed E-state index contributed by atoms with van der Waals surface area (Å²) in [5, 5.41) is 9.99. The minimum atomic E-state index is -4.38. The zero-order valence-electron chi connectivity index (χ0n) is 19.9. The maximum absolute atomic E-state index is 12.9. The molecule has 1 aromatic carbocycles. The van der Waals surface area contributed by atoms with Gasteiger partial charge in [0.05, 0.1) is 17.8 Å². The predicted octanol–water partition coefficient (Wildman–Crippen LogP) is 6.15. The molecule has 1 aliphatic carbocycles. The zero-order valence-corrected chi connectivity index (χ0v) is 20.7. The molecule has 2 N–H and O–H groups in total. The lowest BCUT2D eigenvalue weighted by Gasteiger charge is -2.26. The minimum absolute atomic E-state index is 0.123. The predicted molar refractivity (Wildman–Crippen MR) is 127 cm³/mol. The highest BCUT2D eigenvalue weighted by Crippen LogP contribution is 2.39. The molecular formula is C24H32ClF3N4O2. The molecular weight excluding hydrogens is 469 g/mol. The monoisotopic (exact) mass is 500 g/mol. The van der Waals surface area contributed by atoms with E-state index in [4.69, 9.17) is 16.3 Å². The summed E-state index contributed by atoms with van der Waals surface area (Å²) in [5.41, 5.74) is 1.39. The summed E-state index contributed by atoms with van der Waals surface area (Å²) < 4.78 is 45.8. The van der Waals surface area contributed by atoms with Gasteiger partial charge in [0.15, 0.2) is 5.69 Å². The fraction of sp³-hybridized carbons (Fsp3) is 0.583. The summed E-state index contributed by atoms with van der Waals surface area (Å²) in [4.78, 5) is 12.9. The molecule has 0 saturated heterocycles. The van der Waals surface area contributed by atoms with Crippen molar-refractivity contribution in [2.45, 2.75) is 65.2 Å². The highest BCUT2D eigenvalue weighted by atomic mass is 35.5. The number of halogens is 4. The Balaban J connectivity index is 1.83. The molecule has 188 valence electrons. The molecule has 1 saturated carbocycles. The Labute approximate surface area is 203 Å². The van der Waals surface area contributed by atoms with Crippen LogP contribution in [0, 0.1) is 11.8 Å². The fourth-order valence-corrected chi connectivity index (χ4v) is 4.56. The molecule has 0 unspecified atom stereocenters. The van der Waals surface area contributed by atoms with Crippen molar-refractivity contribution in [1.82, 2.24) is 15.1 Å². The second kappa shape index (κ2) is 10.9. The second-order valence-electron chi connectivity index (χ2n) is 8.99. The van der Waals surface area contributed by atoms with Crippen molar-refractivity contribution in [3.63, 3.8) is 0 Å². The number of hydrogen-bond acceptors (Lipinski definition) is 4. The van der Waals surface area contributed by atoms with Crippen LogP contribution < -0.4 is 15.4 Å². The summed E-state index contributed by atoms with van der Waals surface area (Å²) in [5.74, 6) is 1.16. The molecule has 0 aliphatic heterocycles. The molecule has 1 amide bonds. The molecule has 6 nitrogen and oxygen atoms in total. The molecule has 1 aromatic heterocycles. The van der Waals surface area contributed by atoms with E-state index < -0.39 is 12.2 Å². The smallest absolute Gasteiger partial charge is 0.408 e. The molecule has 2 aromatic rings. The van der Waals surface area contributed by atoms with Crippen LogP contribution in [0.1, 0.15) is 56.9 Å². The molecule has 1 heterocycles. The largest absolute Gasteiger partial charge is 0.496 e. The standard InChI is InChI=1S/C24H32ClF3N4O2/c1-5-32-22(18-11-10-17(12-19(18)34-4)30-15(3)24(26,27)28)20(25)21(31-32)23(33)29-13-16-8-6-14(2)7-9-16/h10-12,14-16,30H,5-9,13H2,1-4H3,(H,29,33)/t14?,15-,16?/m1/s1. The van der Waals surface area contributed by atoms with E-state index in [-0.39, 0.29) is 22.3 Å². The van der Waals surface area contributed by atoms with Gasteiger partial charge in [0.1, 0.15) is 11.8 Å². The highest BCUT2D eigenvalue weighted by molar-refractivity contribution is 6.36.